The number of hydrogen-bond acceptors (Lipinski definition) is 4. The molecule has 1 aliphatic rings. The van der Waals surface area contributed by atoms with Crippen LogP contribution in [0, 0.1) is 0 Å². The number of carbonyl (C=O) groups is 3. The second-order valence-electron chi connectivity index (χ2n) is 8.84. The summed E-state index contributed by atoms with van der Waals surface area (Å²) in [5, 5.41) is 1.08. The lowest BCUT2D eigenvalue weighted by atomic mass is 10.1. The zero-order chi connectivity index (χ0) is 25.1. The maximum absolute atomic E-state index is 13.5. The van der Waals surface area contributed by atoms with E-state index in [4.69, 9.17) is 4.74 Å². The zero-order valence-electron chi connectivity index (χ0n) is 20.0. The molecule has 0 spiro atoms. The highest BCUT2D eigenvalue weighted by Crippen LogP contribution is 2.28. The molecule has 2 heterocycles. The number of hydrogen-bond donors (Lipinski definition) is 1. The van der Waals surface area contributed by atoms with Gasteiger partial charge in [-0.3, -0.25) is 14.4 Å². The fourth-order valence-electron chi connectivity index (χ4n) is 4.77. The number of methoxy groups -OCH3 is 1. The molecule has 1 aromatic heterocycles. The van der Waals surface area contributed by atoms with E-state index in [1.165, 1.54) is 4.90 Å². The monoisotopic (exact) mass is 481 g/mol. The fourth-order valence-corrected chi connectivity index (χ4v) is 4.77. The minimum Gasteiger partial charge on any atom is -0.497 e. The Morgan fingerprint density at radius 1 is 1.00 bits per heavy atom. The molecule has 0 radical (unpaired) electrons. The van der Waals surface area contributed by atoms with Crippen LogP contribution in [0.15, 0.2) is 85.1 Å². The van der Waals surface area contributed by atoms with Crippen LogP contribution in [-0.4, -0.2) is 47.3 Å². The van der Waals surface area contributed by atoms with Crippen LogP contribution >= 0.6 is 0 Å². The summed E-state index contributed by atoms with van der Waals surface area (Å²) >= 11 is 0. The van der Waals surface area contributed by atoms with Crippen LogP contribution < -0.4 is 9.64 Å². The fraction of sp³-hybridized carbons (Fsp3) is 0.207. The Kier molecular flexibility index (Phi) is 6.54. The molecule has 1 atom stereocenters. The van der Waals surface area contributed by atoms with E-state index in [0.717, 1.165) is 22.0 Å². The van der Waals surface area contributed by atoms with E-state index in [-0.39, 0.29) is 30.6 Å². The molecule has 1 saturated heterocycles. The molecule has 1 fully saturated rings. The number of aromatic nitrogens is 1. The maximum Gasteiger partial charge on any atom is 0.257 e. The molecule has 7 nitrogen and oxygen atoms in total. The molecule has 36 heavy (non-hydrogen) atoms. The van der Waals surface area contributed by atoms with Crippen molar-refractivity contribution in [1.82, 2.24) is 9.88 Å². The molecule has 7 heteroatoms. The SMILES string of the molecule is COc1ccc(N2C(=O)CC(N(CCc3c[nH]c4ccccc34)C(=O)Cc3ccccc3)C2=O)cc1. The van der Waals surface area contributed by atoms with E-state index in [1.807, 2.05) is 60.8 Å². The van der Waals surface area contributed by atoms with Gasteiger partial charge in [0, 0.05) is 23.6 Å². The summed E-state index contributed by atoms with van der Waals surface area (Å²) < 4.78 is 5.19. The van der Waals surface area contributed by atoms with E-state index in [9.17, 15) is 14.4 Å². The van der Waals surface area contributed by atoms with Crippen LogP contribution in [0.1, 0.15) is 17.5 Å². The summed E-state index contributed by atoms with van der Waals surface area (Å²) in [5.41, 5.74) is 3.42. The van der Waals surface area contributed by atoms with Crippen molar-refractivity contribution in [2.24, 2.45) is 0 Å². The third-order valence-corrected chi connectivity index (χ3v) is 6.65. The predicted molar refractivity (Wildman–Crippen MR) is 138 cm³/mol. The number of imide groups is 1. The van der Waals surface area contributed by atoms with Crippen molar-refractivity contribution >= 4 is 34.3 Å². The van der Waals surface area contributed by atoms with Gasteiger partial charge in [-0.2, -0.15) is 0 Å². The molecule has 1 N–H and O–H groups in total. The van der Waals surface area contributed by atoms with E-state index in [2.05, 4.69) is 4.98 Å². The number of H-pyrrole nitrogens is 1. The summed E-state index contributed by atoms with van der Waals surface area (Å²) in [6, 6.07) is 23.4. The highest BCUT2D eigenvalue weighted by Gasteiger charge is 2.44. The Bertz CT molecular complexity index is 1400. The van der Waals surface area contributed by atoms with E-state index >= 15 is 0 Å². The maximum atomic E-state index is 13.5. The molecule has 5 rings (SSSR count). The first-order valence-electron chi connectivity index (χ1n) is 11.9. The smallest absolute Gasteiger partial charge is 0.257 e. The van der Waals surface area contributed by atoms with Gasteiger partial charge in [0.25, 0.3) is 5.91 Å². The summed E-state index contributed by atoms with van der Waals surface area (Å²) in [6.45, 7) is 0.327. The number of aromatic amines is 1. The van der Waals surface area contributed by atoms with Gasteiger partial charge in [0.15, 0.2) is 0 Å². The van der Waals surface area contributed by atoms with Gasteiger partial charge >= 0.3 is 0 Å². The van der Waals surface area contributed by atoms with Crippen molar-refractivity contribution < 1.29 is 19.1 Å². The van der Waals surface area contributed by atoms with E-state index in [0.29, 0.717) is 24.4 Å². The number of rotatable bonds is 8. The van der Waals surface area contributed by atoms with Crippen molar-refractivity contribution in [2.45, 2.75) is 25.3 Å². The van der Waals surface area contributed by atoms with Gasteiger partial charge in [-0.05, 0) is 47.9 Å². The normalized spacial score (nSPS) is 15.5. The number of anilines is 1. The predicted octanol–water partition coefficient (Wildman–Crippen LogP) is 4.12. The Labute approximate surface area is 209 Å². The second-order valence-corrected chi connectivity index (χ2v) is 8.84. The van der Waals surface area contributed by atoms with Crippen LogP contribution in [0.4, 0.5) is 5.69 Å². The average Bonchev–Trinajstić information content (AvgIpc) is 3.45. The van der Waals surface area contributed by atoms with Crippen LogP contribution in [0.2, 0.25) is 0 Å². The molecule has 4 aromatic rings. The minimum atomic E-state index is -0.846. The highest BCUT2D eigenvalue weighted by atomic mass is 16.5. The third kappa shape index (κ3) is 4.60. The summed E-state index contributed by atoms with van der Waals surface area (Å²) in [6.07, 6.45) is 2.62. The number of fused-ring (bicyclic) bond motifs is 1. The molecule has 3 amide bonds. The Morgan fingerprint density at radius 3 is 2.47 bits per heavy atom. The van der Waals surface area contributed by atoms with Gasteiger partial charge in [-0.25, -0.2) is 4.90 Å². The first kappa shape index (κ1) is 23.4. The quantitative estimate of drug-likeness (QED) is 0.384. The minimum absolute atomic E-state index is 0.0424. The lowest BCUT2D eigenvalue weighted by molar-refractivity contribution is -0.137. The zero-order valence-corrected chi connectivity index (χ0v) is 20.0. The number of carbonyl (C=O) groups excluding carboxylic acids is 3. The Morgan fingerprint density at radius 2 is 1.72 bits per heavy atom. The first-order valence-corrected chi connectivity index (χ1v) is 11.9. The lowest BCUT2D eigenvalue weighted by Crippen LogP contribution is -2.47. The summed E-state index contributed by atoms with van der Waals surface area (Å²) in [5.74, 6) is -0.248. The number of nitrogens with zero attached hydrogens (tertiary/aromatic N) is 2. The van der Waals surface area contributed by atoms with Gasteiger partial charge in [-0.1, -0.05) is 48.5 Å². The molecule has 1 aliphatic heterocycles. The topological polar surface area (TPSA) is 82.7 Å². The largest absolute Gasteiger partial charge is 0.497 e. The van der Waals surface area contributed by atoms with Crippen LogP contribution in [0.3, 0.4) is 0 Å². The number of nitrogens with one attached hydrogen (secondary N) is 1. The van der Waals surface area contributed by atoms with Crippen LogP contribution in [0.25, 0.3) is 10.9 Å². The van der Waals surface area contributed by atoms with Gasteiger partial charge in [0.2, 0.25) is 11.8 Å². The molecule has 182 valence electrons. The summed E-state index contributed by atoms with van der Waals surface area (Å²) in [7, 11) is 1.56. The van der Waals surface area contributed by atoms with Crippen molar-refractivity contribution in [1.29, 1.82) is 0 Å². The number of amides is 3. The molecule has 0 bridgehead atoms. The standard InChI is InChI=1S/C29H27N3O4/c1-36-23-13-11-22(12-14-23)32-28(34)18-26(29(32)35)31(27(33)17-20-7-3-2-4-8-20)16-15-21-19-30-25-10-6-5-9-24(21)25/h2-14,19,26,30H,15-18H2,1H3. The third-order valence-electron chi connectivity index (χ3n) is 6.65. The molecular formula is C29H27N3O4. The molecule has 1 unspecified atom stereocenters. The number of para-hydroxylation sites is 1. The Hall–Kier alpha value is -4.39. The van der Waals surface area contributed by atoms with Gasteiger partial charge in [0.1, 0.15) is 11.8 Å². The molecular weight excluding hydrogens is 454 g/mol. The van der Waals surface area contributed by atoms with E-state index < -0.39 is 6.04 Å². The number of ether oxygens (including phenoxy) is 1. The first-order chi connectivity index (χ1) is 17.5. The van der Waals surface area contributed by atoms with Crippen LogP contribution in [-0.2, 0) is 27.2 Å². The van der Waals surface area contributed by atoms with Crippen molar-refractivity contribution in [3.63, 3.8) is 0 Å². The number of benzene rings is 3. The van der Waals surface area contributed by atoms with E-state index in [1.54, 1.807) is 36.3 Å². The van der Waals surface area contributed by atoms with Gasteiger partial charge in [-0.15, -0.1) is 0 Å². The van der Waals surface area contributed by atoms with Crippen LogP contribution in [0.5, 0.6) is 5.75 Å². The van der Waals surface area contributed by atoms with Gasteiger partial charge in [0.05, 0.1) is 25.6 Å². The van der Waals surface area contributed by atoms with Gasteiger partial charge < -0.3 is 14.6 Å². The molecule has 0 saturated carbocycles. The average molecular weight is 482 g/mol. The van der Waals surface area contributed by atoms with Crippen molar-refractivity contribution in [2.75, 3.05) is 18.6 Å². The van der Waals surface area contributed by atoms with Crippen molar-refractivity contribution in [3.05, 3.63) is 96.2 Å². The summed E-state index contributed by atoms with van der Waals surface area (Å²) in [4.78, 5) is 46.0. The molecule has 0 aliphatic carbocycles. The lowest BCUT2D eigenvalue weighted by Gasteiger charge is -2.28. The second kappa shape index (κ2) is 10.1. The van der Waals surface area contributed by atoms with Crippen molar-refractivity contribution in [3.8, 4) is 5.75 Å². The molecule has 3 aromatic carbocycles. The highest BCUT2D eigenvalue weighted by molar-refractivity contribution is 6.23. The Balaban J connectivity index is 1.41.